The van der Waals surface area contributed by atoms with Crippen LogP contribution in [0.2, 0.25) is 0 Å². The van der Waals surface area contributed by atoms with Crippen molar-refractivity contribution in [2.45, 2.75) is 66.7 Å². The maximum absolute atomic E-state index is 12.8. The van der Waals surface area contributed by atoms with Crippen LogP contribution in [-0.2, 0) is 6.42 Å². The van der Waals surface area contributed by atoms with Gasteiger partial charge in [-0.15, -0.1) is 0 Å². The monoisotopic (exact) mass is 406 g/mol. The minimum absolute atomic E-state index is 0.0856. The first-order valence-electron chi connectivity index (χ1n) is 11.1. The number of hydrogen-bond acceptors (Lipinski definition) is 3. The lowest BCUT2D eigenvalue weighted by molar-refractivity contribution is 0.0947. The number of carbonyl (C=O) groups excluding carboxylic acids is 1. The van der Waals surface area contributed by atoms with E-state index >= 15 is 0 Å². The largest absolute Gasteiger partial charge is 0.352 e. The third-order valence-corrected chi connectivity index (χ3v) is 6.05. The normalized spacial score (nSPS) is 12.3. The average Bonchev–Trinajstić information content (AvgIpc) is 3.16. The second-order valence-electron chi connectivity index (χ2n) is 8.34. The molecule has 3 rings (SSSR count). The summed E-state index contributed by atoms with van der Waals surface area (Å²) in [7, 11) is 0. The van der Waals surface area contributed by atoms with Crippen LogP contribution in [0.3, 0.4) is 0 Å². The Labute approximate surface area is 179 Å². The predicted octanol–water partition coefficient (Wildman–Crippen LogP) is 5.19. The van der Waals surface area contributed by atoms with Crippen molar-refractivity contribution in [2.24, 2.45) is 5.92 Å². The topological polar surface area (TPSA) is 59.3 Å². The Hall–Kier alpha value is -2.69. The van der Waals surface area contributed by atoms with Gasteiger partial charge < -0.3 is 5.32 Å². The van der Waals surface area contributed by atoms with Crippen molar-refractivity contribution in [3.8, 4) is 0 Å². The smallest absolute Gasteiger partial charge is 0.256 e. The van der Waals surface area contributed by atoms with Crippen LogP contribution in [0.1, 0.15) is 78.0 Å². The molecule has 1 atom stereocenters. The molecule has 0 saturated carbocycles. The summed E-state index contributed by atoms with van der Waals surface area (Å²) in [5.74, 6) is 0.436. The summed E-state index contributed by atoms with van der Waals surface area (Å²) in [6, 6.07) is 8.57. The Kier molecular flexibility index (Phi) is 7.24. The number of nitrogens with one attached hydrogen (secondary N) is 1. The third kappa shape index (κ3) is 4.89. The highest BCUT2D eigenvalue weighted by molar-refractivity contribution is 5.99. The average molecular weight is 407 g/mol. The van der Waals surface area contributed by atoms with Crippen molar-refractivity contribution >= 4 is 11.6 Å². The lowest BCUT2D eigenvalue weighted by Crippen LogP contribution is -2.29. The van der Waals surface area contributed by atoms with Gasteiger partial charge in [-0.05, 0) is 44.2 Å². The molecule has 0 bridgehead atoms. The van der Waals surface area contributed by atoms with Crippen LogP contribution in [-0.4, -0.2) is 27.0 Å². The molecule has 0 aliphatic carbocycles. The fourth-order valence-corrected chi connectivity index (χ4v) is 3.91. The van der Waals surface area contributed by atoms with E-state index in [1.807, 2.05) is 6.92 Å². The zero-order chi connectivity index (χ0) is 21.7. The van der Waals surface area contributed by atoms with E-state index in [1.54, 1.807) is 10.7 Å². The van der Waals surface area contributed by atoms with Gasteiger partial charge in [0.15, 0.2) is 5.65 Å². The summed E-state index contributed by atoms with van der Waals surface area (Å²) in [5, 5.41) is 7.59. The Morgan fingerprint density at radius 2 is 1.87 bits per heavy atom. The summed E-state index contributed by atoms with van der Waals surface area (Å²) in [6.45, 7) is 11.3. The number of rotatable bonds is 9. The minimum Gasteiger partial charge on any atom is -0.352 e. The molecule has 5 nitrogen and oxygen atoms in total. The van der Waals surface area contributed by atoms with Crippen molar-refractivity contribution in [1.29, 1.82) is 0 Å². The molecule has 0 aliphatic heterocycles. The van der Waals surface area contributed by atoms with E-state index in [2.05, 4.69) is 62.4 Å². The van der Waals surface area contributed by atoms with Crippen LogP contribution >= 0.6 is 0 Å². The lowest BCUT2D eigenvalue weighted by Gasteiger charge is -2.15. The molecule has 0 radical (unpaired) electrons. The molecule has 0 spiro atoms. The first-order chi connectivity index (χ1) is 14.4. The number of nitrogens with zero attached hydrogens (tertiary/aromatic N) is 3. The van der Waals surface area contributed by atoms with Gasteiger partial charge >= 0.3 is 0 Å². The predicted molar refractivity (Wildman–Crippen MR) is 122 cm³/mol. The third-order valence-electron chi connectivity index (χ3n) is 6.05. The summed E-state index contributed by atoms with van der Waals surface area (Å²) in [4.78, 5) is 17.6. The minimum atomic E-state index is -0.0856. The molecule has 2 aromatic heterocycles. The summed E-state index contributed by atoms with van der Waals surface area (Å²) >= 11 is 0. The fourth-order valence-electron chi connectivity index (χ4n) is 3.91. The molecule has 1 amide bonds. The SMILES string of the molecule is CCCC[C@H](CC)CNC(=O)c1cnn2c(C)c(Cc3ccc(C)cc3)c(C)nc12. The molecule has 3 aromatic rings. The second kappa shape index (κ2) is 9.88. The lowest BCUT2D eigenvalue weighted by atomic mass is 9.99. The van der Waals surface area contributed by atoms with Crippen molar-refractivity contribution in [2.75, 3.05) is 6.54 Å². The maximum atomic E-state index is 12.8. The first-order valence-corrected chi connectivity index (χ1v) is 11.1. The quantitative estimate of drug-likeness (QED) is 0.532. The number of unbranched alkanes of at least 4 members (excludes halogenated alkanes) is 1. The number of carbonyl (C=O) groups is 1. The van der Waals surface area contributed by atoms with Crippen LogP contribution in [0.5, 0.6) is 0 Å². The Balaban J connectivity index is 1.81. The van der Waals surface area contributed by atoms with Gasteiger partial charge in [0.2, 0.25) is 0 Å². The van der Waals surface area contributed by atoms with E-state index in [1.165, 1.54) is 24.0 Å². The fraction of sp³-hybridized carbons (Fsp3) is 0.480. The summed E-state index contributed by atoms with van der Waals surface area (Å²) < 4.78 is 1.81. The Morgan fingerprint density at radius 3 is 2.53 bits per heavy atom. The van der Waals surface area contributed by atoms with Gasteiger partial charge in [-0.3, -0.25) is 4.79 Å². The van der Waals surface area contributed by atoms with Gasteiger partial charge in [0.25, 0.3) is 5.91 Å². The van der Waals surface area contributed by atoms with Crippen LogP contribution in [0.4, 0.5) is 0 Å². The Morgan fingerprint density at radius 1 is 1.13 bits per heavy atom. The molecule has 0 aliphatic rings. The van der Waals surface area contributed by atoms with Crippen molar-refractivity contribution in [3.63, 3.8) is 0 Å². The van der Waals surface area contributed by atoms with Gasteiger partial charge in [-0.25, -0.2) is 9.50 Å². The van der Waals surface area contributed by atoms with Gasteiger partial charge in [-0.2, -0.15) is 5.10 Å². The number of aromatic nitrogens is 3. The second-order valence-corrected chi connectivity index (χ2v) is 8.34. The van der Waals surface area contributed by atoms with Crippen molar-refractivity contribution in [1.82, 2.24) is 19.9 Å². The van der Waals surface area contributed by atoms with E-state index in [0.717, 1.165) is 36.2 Å². The van der Waals surface area contributed by atoms with E-state index in [9.17, 15) is 4.79 Å². The number of fused-ring (bicyclic) bond motifs is 1. The standard InChI is InChI=1S/C25H34N4O/c1-6-8-9-20(7-2)15-26-25(30)23-16-27-29-19(5)22(18(4)28-24(23)29)14-21-12-10-17(3)11-13-21/h10-13,16,20H,6-9,14-15H2,1-5H3,(H,26,30)/t20-/m0/s1. The molecule has 160 valence electrons. The van der Waals surface area contributed by atoms with Crippen LogP contribution < -0.4 is 5.32 Å². The molecule has 5 heteroatoms. The highest BCUT2D eigenvalue weighted by Gasteiger charge is 2.19. The van der Waals surface area contributed by atoms with Gasteiger partial charge in [0.05, 0.1) is 6.20 Å². The molecular formula is C25H34N4O. The van der Waals surface area contributed by atoms with E-state index in [-0.39, 0.29) is 5.91 Å². The zero-order valence-corrected chi connectivity index (χ0v) is 19.0. The van der Waals surface area contributed by atoms with Crippen molar-refractivity contribution in [3.05, 3.63) is 64.1 Å². The molecule has 0 saturated heterocycles. The molecule has 0 fully saturated rings. The van der Waals surface area contributed by atoms with Crippen LogP contribution in [0.15, 0.2) is 30.5 Å². The zero-order valence-electron chi connectivity index (χ0n) is 19.0. The summed E-state index contributed by atoms with van der Waals surface area (Å²) in [5.41, 5.74) is 6.83. The highest BCUT2D eigenvalue weighted by Crippen LogP contribution is 2.21. The highest BCUT2D eigenvalue weighted by atomic mass is 16.1. The van der Waals surface area contributed by atoms with Crippen molar-refractivity contribution < 1.29 is 4.79 Å². The van der Waals surface area contributed by atoms with Gasteiger partial charge in [0.1, 0.15) is 5.56 Å². The molecule has 0 unspecified atom stereocenters. The molecule has 30 heavy (non-hydrogen) atoms. The van der Waals surface area contributed by atoms with Crippen LogP contribution in [0, 0.1) is 26.7 Å². The molecule has 1 aromatic carbocycles. The number of benzene rings is 1. The first kappa shape index (κ1) is 22.0. The van der Waals surface area contributed by atoms with Gasteiger partial charge in [0, 0.05) is 24.4 Å². The van der Waals surface area contributed by atoms with E-state index < -0.39 is 0 Å². The molecular weight excluding hydrogens is 372 g/mol. The Bertz CT molecular complexity index is 1000. The maximum Gasteiger partial charge on any atom is 0.256 e. The van der Waals surface area contributed by atoms with Crippen LogP contribution in [0.25, 0.3) is 5.65 Å². The number of aryl methyl sites for hydroxylation is 3. The number of amides is 1. The van der Waals surface area contributed by atoms with E-state index in [0.29, 0.717) is 23.7 Å². The van der Waals surface area contributed by atoms with Gasteiger partial charge in [-0.1, -0.05) is 62.9 Å². The molecule has 1 N–H and O–H groups in total. The molecule has 2 heterocycles. The summed E-state index contributed by atoms with van der Waals surface area (Å²) in [6.07, 6.45) is 7.07. The number of hydrogen-bond donors (Lipinski definition) is 1. The van der Waals surface area contributed by atoms with E-state index in [4.69, 9.17) is 4.98 Å².